The standard InChI is InChI=1S/C24H27N7O2S/c1-33-19-13-15(31-11-9-16(32)10-12-31)7-8-17(19)28-24-29-22-21(25-14-26-22)23(30-24)27-18-5-3-4-6-20(18)34-2/h3-8,13-14,16,32H,9-12H2,1-2H3,(H3,25,26,27,28,29,30). The fourth-order valence-corrected chi connectivity index (χ4v) is 4.63. The van der Waals surface area contributed by atoms with Gasteiger partial charge < -0.3 is 30.4 Å². The number of rotatable bonds is 7. The van der Waals surface area contributed by atoms with Gasteiger partial charge in [-0.1, -0.05) is 12.1 Å². The predicted octanol–water partition coefficient (Wildman–Crippen LogP) is 4.53. The Bertz CT molecular complexity index is 1290. The lowest BCUT2D eigenvalue weighted by Gasteiger charge is -2.31. The summed E-state index contributed by atoms with van der Waals surface area (Å²) >= 11 is 1.66. The molecule has 0 spiro atoms. The van der Waals surface area contributed by atoms with Gasteiger partial charge in [0.05, 0.1) is 30.9 Å². The van der Waals surface area contributed by atoms with Gasteiger partial charge in [-0.05, 0) is 43.4 Å². The minimum Gasteiger partial charge on any atom is -0.494 e. The number of nitrogens with zero attached hydrogens (tertiary/aromatic N) is 4. The van der Waals surface area contributed by atoms with E-state index >= 15 is 0 Å². The Labute approximate surface area is 202 Å². The van der Waals surface area contributed by atoms with Crippen molar-refractivity contribution < 1.29 is 9.84 Å². The summed E-state index contributed by atoms with van der Waals surface area (Å²) < 4.78 is 5.67. The molecule has 9 nitrogen and oxygen atoms in total. The largest absolute Gasteiger partial charge is 0.494 e. The van der Waals surface area contributed by atoms with Crippen LogP contribution in [0.25, 0.3) is 11.2 Å². The highest BCUT2D eigenvalue weighted by Gasteiger charge is 2.19. The number of H-pyrrole nitrogens is 1. The molecule has 2 aromatic heterocycles. The van der Waals surface area contributed by atoms with Crippen molar-refractivity contribution in [1.29, 1.82) is 0 Å². The second kappa shape index (κ2) is 9.78. The number of hydrogen-bond donors (Lipinski definition) is 4. The van der Waals surface area contributed by atoms with Crippen LogP contribution in [0.1, 0.15) is 12.8 Å². The number of nitrogens with one attached hydrogen (secondary N) is 3. The SMILES string of the molecule is COc1cc(N2CCC(O)CC2)ccc1Nc1nc(Nc2ccccc2SC)c2nc[nH]c2n1. The molecule has 0 bridgehead atoms. The van der Waals surface area contributed by atoms with E-state index in [2.05, 4.69) is 36.6 Å². The number of methoxy groups -OCH3 is 1. The van der Waals surface area contributed by atoms with Crippen molar-refractivity contribution in [3.63, 3.8) is 0 Å². The molecule has 1 saturated heterocycles. The zero-order chi connectivity index (χ0) is 23.5. The summed E-state index contributed by atoms with van der Waals surface area (Å²) in [5.41, 5.74) is 4.07. The van der Waals surface area contributed by atoms with Gasteiger partial charge in [-0.25, -0.2) is 4.98 Å². The van der Waals surface area contributed by atoms with Crippen LogP contribution in [-0.4, -0.2) is 57.6 Å². The number of benzene rings is 2. The fraction of sp³-hybridized carbons (Fsp3) is 0.292. The maximum absolute atomic E-state index is 9.80. The van der Waals surface area contributed by atoms with Crippen LogP contribution in [0, 0.1) is 0 Å². The maximum Gasteiger partial charge on any atom is 0.231 e. The zero-order valence-electron chi connectivity index (χ0n) is 19.1. The summed E-state index contributed by atoms with van der Waals surface area (Å²) in [5.74, 6) is 1.73. The monoisotopic (exact) mass is 477 g/mol. The molecule has 0 radical (unpaired) electrons. The number of ether oxygens (including phenoxy) is 1. The molecular formula is C24H27N7O2S. The van der Waals surface area contributed by atoms with Crippen LogP contribution in [-0.2, 0) is 0 Å². The summed E-state index contributed by atoms with van der Waals surface area (Å²) in [6.07, 6.45) is 4.99. The van der Waals surface area contributed by atoms with Gasteiger partial charge >= 0.3 is 0 Å². The van der Waals surface area contributed by atoms with Crippen molar-refractivity contribution in [2.75, 3.05) is 42.0 Å². The molecule has 0 atom stereocenters. The van der Waals surface area contributed by atoms with Crippen molar-refractivity contribution in [2.45, 2.75) is 23.8 Å². The van der Waals surface area contributed by atoms with Crippen LogP contribution in [0.5, 0.6) is 5.75 Å². The molecule has 0 unspecified atom stereocenters. The molecule has 1 aliphatic heterocycles. The van der Waals surface area contributed by atoms with Crippen molar-refractivity contribution in [3.05, 3.63) is 48.8 Å². The number of anilines is 5. The quantitative estimate of drug-likeness (QED) is 0.285. The topological polar surface area (TPSA) is 111 Å². The van der Waals surface area contributed by atoms with E-state index in [0.29, 0.717) is 28.7 Å². The number of aliphatic hydroxyl groups excluding tert-OH is 1. The van der Waals surface area contributed by atoms with E-state index in [4.69, 9.17) is 9.72 Å². The molecular weight excluding hydrogens is 450 g/mol. The molecule has 0 amide bonds. The summed E-state index contributed by atoms with van der Waals surface area (Å²) in [7, 11) is 1.65. The van der Waals surface area contributed by atoms with Crippen LogP contribution in [0.15, 0.2) is 53.7 Å². The first kappa shape index (κ1) is 22.3. The van der Waals surface area contributed by atoms with Gasteiger partial charge in [0.25, 0.3) is 0 Å². The molecule has 10 heteroatoms. The highest BCUT2D eigenvalue weighted by atomic mass is 32.2. The first-order valence-electron chi connectivity index (χ1n) is 11.1. The highest BCUT2D eigenvalue weighted by Crippen LogP contribution is 2.34. The smallest absolute Gasteiger partial charge is 0.231 e. The van der Waals surface area contributed by atoms with Gasteiger partial charge in [-0.2, -0.15) is 9.97 Å². The average molecular weight is 478 g/mol. The third-order valence-electron chi connectivity index (χ3n) is 5.90. The van der Waals surface area contributed by atoms with Crippen molar-refractivity contribution >= 4 is 51.8 Å². The first-order valence-corrected chi connectivity index (χ1v) is 12.4. The van der Waals surface area contributed by atoms with E-state index < -0.39 is 0 Å². The Balaban J connectivity index is 1.44. The zero-order valence-corrected chi connectivity index (χ0v) is 19.9. The summed E-state index contributed by atoms with van der Waals surface area (Å²) in [6, 6.07) is 14.1. The second-order valence-corrected chi connectivity index (χ2v) is 8.90. The van der Waals surface area contributed by atoms with Gasteiger partial charge in [0, 0.05) is 29.7 Å². The number of fused-ring (bicyclic) bond motifs is 1. The molecule has 0 aliphatic carbocycles. The van der Waals surface area contributed by atoms with E-state index in [9.17, 15) is 5.11 Å². The van der Waals surface area contributed by atoms with E-state index in [1.54, 1.807) is 25.2 Å². The Morgan fingerprint density at radius 3 is 2.71 bits per heavy atom. The number of aromatic nitrogens is 4. The molecule has 176 valence electrons. The Hall–Kier alpha value is -3.50. The highest BCUT2D eigenvalue weighted by molar-refractivity contribution is 7.98. The van der Waals surface area contributed by atoms with Crippen molar-refractivity contribution in [3.8, 4) is 5.75 Å². The second-order valence-electron chi connectivity index (χ2n) is 8.05. The molecule has 0 saturated carbocycles. The third kappa shape index (κ3) is 4.59. The normalized spacial score (nSPS) is 14.4. The Morgan fingerprint density at radius 2 is 1.91 bits per heavy atom. The van der Waals surface area contributed by atoms with E-state index in [1.807, 2.05) is 42.7 Å². The molecule has 34 heavy (non-hydrogen) atoms. The van der Waals surface area contributed by atoms with E-state index in [-0.39, 0.29) is 6.10 Å². The van der Waals surface area contributed by atoms with E-state index in [0.717, 1.165) is 47.9 Å². The molecule has 4 N–H and O–H groups in total. The Morgan fingerprint density at radius 1 is 1.09 bits per heavy atom. The summed E-state index contributed by atoms with van der Waals surface area (Å²) in [5, 5.41) is 16.5. The first-order chi connectivity index (χ1) is 16.6. The third-order valence-corrected chi connectivity index (χ3v) is 6.70. The maximum atomic E-state index is 9.80. The minimum atomic E-state index is -0.209. The number of para-hydroxylation sites is 1. The lowest BCUT2D eigenvalue weighted by atomic mass is 10.1. The van der Waals surface area contributed by atoms with Crippen LogP contribution in [0.4, 0.5) is 28.8 Å². The lowest BCUT2D eigenvalue weighted by Crippen LogP contribution is -2.35. The van der Waals surface area contributed by atoms with Gasteiger partial charge in [-0.3, -0.25) is 0 Å². The molecule has 4 aromatic rings. The number of hydrogen-bond acceptors (Lipinski definition) is 9. The van der Waals surface area contributed by atoms with Gasteiger partial charge in [0.1, 0.15) is 5.75 Å². The van der Waals surface area contributed by atoms with Crippen molar-refractivity contribution in [1.82, 2.24) is 19.9 Å². The average Bonchev–Trinajstić information content (AvgIpc) is 3.34. The van der Waals surface area contributed by atoms with Gasteiger partial charge in [0.15, 0.2) is 17.0 Å². The van der Waals surface area contributed by atoms with Crippen LogP contribution >= 0.6 is 11.8 Å². The van der Waals surface area contributed by atoms with Gasteiger partial charge in [0.2, 0.25) is 5.95 Å². The number of aliphatic hydroxyl groups is 1. The van der Waals surface area contributed by atoms with Crippen LogP contribution in [0.2, 0.25) is 0 Å². The minimum absolute atomic E-state index is 0.209. The number of aromatic amines is 1. The fourth-order valence-electron chi connectivity index (χ4n) is 4.08. The van der Waals surface area contributed by atoms with Crippen molar-refractivity contribution in [2.24, 2.45) is 0 Å². The predicted molar refractivity (Wildman–Crippen MR) is 137 cm³/mol. The molecule has 1 aliphatic rings. The van der Waals surface area contributed by atoms with Crippen LogP contribution < -0.4 is 20.3 Å². The summed E-state index contributed by atoms with van der Waals surface area (Å²) in [4.78, 5) is 20.2. The van der Waals surface area contributed by atoms with Gasteiger partial charge in [-0.15, -0.1) is 11.8 Å². The van der Waals surface area contributed by atoms with Crippen LogP contribution in [0.3, 0.4) is 0 Å². The lowest BCUT2D eigenvalue weighted by molar-refractivity contribution is 0.145. The molecule has 5 rings (SSSR count). The number of thioether (sulfide) groups is 1. The number of piperidine rings is 1. The van der Waals surface area contributed by atoms with E-state index in [1.165, 1.54) is 0 Å². The summed E-state index contributed by atoms with van der Waals surface area (Å²) in [6.45, 7) is 1.65. The number of imidazole rings is 1. The molecule has 2 aromatic carbocycles. The molecule has 1 fully saturated rings. The molecule has 3 heterocycles. The Kier molecular flexibility index (Phi) is 6.41.